The van der Waals surface area contributed by atoms with Gasteiger partial charge in [-0.3, -0.25) is 0 Å². The molecule has 0 aromatic heterocycles. The molecule has 104 valence electrons. The number of rotatable bonds is 4. The molecule has 0 amide bonds. The Balaban J connectivity index is 2.51. The third-order valence-electron chi connectivity index (χ3n) is 3.19. The molecule has 0 aliphatic carbocycles. The van der Waals surface area contributed by atoms with Gasteiger partial charge in [0.2, 0.25) is 0 Å². The number of carbonyl (C=O) groups is 1. The molecule has 2 aromatic rings. The summed E-state index contributed by atoms with van der Waals surface area (Å²) in [4.78, 5) is 11.9. The zero-order chi connectivity index (χ0) is 14.5. The standard InChI is InChI=1S/C18H20O2/c1-4-20-18(19)16-11-14-7-5-6-8-17(14)15(12-16)10-9-13(2)3/h5-9,11-12H,4,10H2,1-3H3. The van der Waals surface area contributed by atoms with E-state index >= 15 is 0 Å². The second-order valence-corrected chi connectivity index (χ2v) is 5.06. The number of allylic oxidation sites excluding steroid dienone is 2. The van der Waals surface area contributed by atoms with Crippen LogP contribution >= 0.6 is 0 Å². The number of hydrogen-bond acceptors (Lipinski definition) is 2. The maximum absolute atomic E-state index is 11.9. The zero-order valence-corrected chi connectivity index (χ0v) is 12.3. The lowest BCUT2D eigenvalue weighted by Gasteiger charge is -2.09. The Labute approximate surface area is 120 Å². The number of benzene rings is 2. The van der Waals surface area contributed by atoms with E-state index in [-0.39, 0.29) is 5.97 Å². The first-order valence-corrected chi connectivity index (χ1v) is 6.94. The Morgan fingerprint density at radius 2 is 1.95 bits per heavy atom. The fraction of sp³-hybridized carbons (Fsp3) is 0.278. The minimum absolute atomic E-state index is 0.253. The SMILES string of the molecule is CCOC(=O)c1cc(CC=C(C)C)c2ccccc2c1. The summed E-state index contributed by atoms with van der Waals surface area (Å²) in [6, 6.07) is 12.0. The fourth-order valence-electron chi connectivity index (χ4n) is 2.21. The Bertz CT molecular complexity index is 650. The van der Waals surface area contributed by atoms with Gasteiger partial charge < -0.3 is 4.74 Å². The van der Waals surface area contributed by atoms with Crippen molar-refractivity contribution < 1.29 is 9.53 Å². The summed E-state index contributed by atoms with van der Waals surface area (Å²) in [5.74, 6) is -0.253. The molecule has 0 radical (unpaired) electrons. The number of hydrogen-bond donors (Lipinski definition) is 0. The molecule has 2 heteroatoms. The molecule has 0 saturated carbocycles. The lowest BCUT2D eigenvalue weighted by atomic mass is 9.98. The van der Waals surface area contributed by atoms with Gasteiger partial charge in [0.1, 0.15) is 0 Å². The van der Waals surface area contributed by atoms with Crippen molar-refractivity contribution in [1.29, 1.82) is 0 Å². The van der Waals surface area contributed by atoms with Gasteiger partial charge in [-0.2, -0.15) is 0 Å². The molecule has 0 bridgehead atoms. The third kappa shape index (κ3) is 3.27. The number of esters is 1. The lowest BCUT2D eigenvalue weighted by molar-refractivity contribution is 0.0526. The van der Waals surface area contributed by atoms with Crippen LogP contribution in [0.3, 0.4) is 0 Å². The minimum atomic E-state index is -0.253. The van der Waals surface area contributed by atoms with E-state index in [2.05, 4.69) is 26.0 Å². The number of ether oxygens (including phenoxy) is 1. The van der Waals surface area contributed by atoms with Gasteiger partial charge in [0.05, 0.1) is 12.2 Å². The van der Waals surface area contributed by atoms with E-state index in [1.54, 1.807) is 0 Å². The summed E-state index contributed by atoms with van der Waals surface area (Å²) >= 11 is 0. The smallest absolute Gasteiger partial charge is 0.338 e. The molecule has 2 aromatic carbocycles. The molecule has 2 nitrogen and oxygen atoms in total. The van der Waals surface area contributed by atoms with Crippen molar-refractivity contribution in [3.05, 3.63) is 59.2 Å². The number of fused-ring (bicyclic) bond motifs is 1. The van der Waals surface area contributed by atoms with Crippen molar-refractivity contribution in [1.82, 2.24) is 0 Å². The monoisotopic (exact) mass is 268 g/mol. The van der Waals surface area contributed by atoms with Crippen LogP contribution in [0.4, 0.5) is 0 Å². The van der Waals surface area contributed by atoms with Gasteiger partial charge in [-0.1, -0.05) is 35.9 Å². The van der Waals surface area contributed by atoms with Crippen LogP contribution in [-0.4, -0.2) is 12.6 Å². The average molecular weight is 268 g/mol. The Kier molecular flexibility index (Phi) is 4.57. The van der Waals surface area contributed by atoms with Crippen molar-refractivity contribution >= 4 is 16.7 Å². The first-order chi connectivity index (χ1) is 9.61. The highest BCUT2D eigenvalue weighted by molar-refractivity contribution is 5.97. The molecular weight excluding hydrogens is 248 g/mol. The summed E-state index contributed by atoms with van der Waals surface area (Å²) in [5, 5.41) is 2.27. The van der Waals surface area contributed by atoms with Gasteiger partial charge in [0.15, 0.2) is 0 Å². The highest BCUT2D eigenvalue weighted by atomic mass is 16.5. The van der Waals surface area contributed by atoms with E-state index < -0.39 is 0 Å². The molecule has 0 N–H and O–H groups in total. The molecule has 20 heavy (non-hydrogen) atoms. The van der Waals surface area contributed by atoms with Crippen molar-refractivity contribution in [2.24, 2.45) is 0 Å². The van der Waals surface area contributed by atoms with E-state index in [0.717, 1.165) is 17.4 Å². The molecule has 2 rings (SSSR count). The van der Waals surface area contributed by atoms with Gasteiger partial charge in [0, 0.05) is 0 Å². The van der Waals surface area contributed by atoms with E-state index in [1.165, 1.54) is 11.0 Å². The Hall–Kier alpha value is -2.09. The normalized spacial score (nSPS) is 10.3. The second kappa shape index (κ2) is 6.38. The average Bonchev–Trinajstić information content (AvgIpc) is 2.44. The van der Waals surface area contributed by atoms with E-state index in [9.17, 15) is 4.79 Å². The predicted molar refractivity (Wildman–Crippen MR) is 83.0 cm³/mol. The lowest BCUT2D eigenvalue weighted by Crippen LogP contribution is -2.05. The molecule has 0 saturated heterocycles. The highest BCUT2D eigenvalue weighted by Gasteiger charge is 2.10. The molecule has 0 unspecified atom stereocenters. The van der Waals surface area contributed by atoms with Crippen LogP contribution in [0, 0.1) is 0 Å². The highest BCUT2D eigenvalue weighted by Crippen LogP contribution is 2.23. The van der Waals surface area contributed by atoms with Crippen molar-refractivity contribution in [2.75, 3.05) is 6.61 Å². The molecule has 0 heterocycles. The van der Waals surface area contributed by atoms with Crippen LogP contribution in [0.5, 0.6) is 0 Å². The van der Waals surface area contributed by atoms with Gasteiger partial charge in [-0.15, -0.1) is 0 Å². The molecule has 0 aliphatic rings. The molecule has 0 fully saturated rings. The zero-order valence-electron chi connectivity index (χ0n) is 12.3. The maximum Gasteiger partial charge on any atom is 0.338 e. The summed E-state index contributed by atoms with van der Waals surface area (Å²) in [6.07, 6.45) is 3.01. The predicted octanol–water partition coefficient (Wildman–Crippen LogP) is 4.53. The molecule has 0 aliphatic heterocycles. The van der Waals surface area contributed by atoms with Crippen LogP contribution < -0.4 is 0 Å². The van der Waals surface area contributed by atoms with Crippen LogP contribution in [0.15, 0.2) is 48.0 Å². The Morgan fingerprint density at radius 1 is 1.20 bits per heavy atom. The summed E-state index contributed by atoms with van der Waals surface area (Å²) in [7, 11) is 0. The third-order valence-corrected chi connectivity index (χ3v) is 3.19. The van der Waals surface area contributed by atoms with Gasteiger partial charge >= 0.3 is 5.97 Å². The molecule has 0 spiro atoms. The summed E-state index contributed by atoms with van der Waals surface area (Å²) in [5.41, 5.74) is 3.06. The van der Waals surface area contributed by atoms with Gasteiger partial charge in [0.25, 0.3) is 0 Å². The number of carbonyl (C=O) groups excluding carboxylic acids is 1. The molecular formula is C18H20O2. The fourth-order valence-corrected chi connectivity index (χ4v) is 2.21. The largest absolute Gasteiger partial charge is 0.462 e. The Morgan fingerprint density at radius 3 is 2.65 bits per heavy atom. The van der Waals surface area contributed by atoms with Gasteiger partial charge in [-0.05, 0) is 55.7 Å². The summed E-state index contributed by atoms with van der Waals surface area (Å²) in [6.45, 7) is 6.38. The van der Waals surface area contributed by atoms with E-state index in [4.69, 9.17) is 4.74 Å². The first kappa shape index (κ1) is 14.3. The maximum atomic E-state index is 11.9. The van der Waals surface area contributed by atoms with E-state index in [1.807, 2.05) is 37.3 Å². The van der Waals surface area contributed by atoms with Crippen LogP contribution in [0.25, 0.3) is 10.8 Å². The van der Waals surface area contributed by atoms with Crippen LogP contribution in [0.2, 0.25) is 0 Å². The first-order valence-electron chi connectivity index (χ1n) is 6.94. The quantitative estimate of drug-likeness (QED) is 0.601. The van der Waals surface area contributed by atoms with Crippen LogP contribution in [-0.2, 0) is 11.2 Å². The van der Waals surface area contributed by atoms with Gasteiger partial charge in [-0.25, -0.2) is 4.79 Å². The topological polar surface area (TPSA) is 26.3 Å². The van der Waals surface area contributed by atoms with Crippen molar-refractivity contribution in [3.63, 3.8) is 0 Å². The second-order valence-electron chi connectivity index (χ2n) is 5.06. The van der Waals surface area contributed by atoms with E-state index in [0.29, 0.717) is 12.2 Å². The van der Waals surface area contributed by atoms with Crippen molar-refractivity contribution in [2.45, 2.75) is 27.2 Å². The molecule has 0 atom stereocenters. The van der Waals surface area contributed by atoms with Crippen molar-refractivity contribution in [3.8, 4) is 0 Å². The van der Waals surface area contributed by atoms with Crippen LogP contribution in [0.1, 0.15) is 36.7 Å². The minimum Gasteiger partial charge on any atom is -0.462 e. The summed E-state index contributed by atoms with van der Waals surface area (Å²) < 4.78 is 5.10.